The molecular formula is C12H10Br2F2N2S. The Morgan fingerprint density at radius 3 is 2.53 bits per heavy atom. The standard InChI is InChI=1S/C12H10Br2F2N2S/c13-10-4-1-6(19-10)5-9(18-17)7-2-3-8(15)12(16)11(7)14/h1-4,9,18H,5,17H2. The fourth-order valence-corrected chi connectivity index (χ4v) is 3.86. The minimum Gasteiger partial charge on any atom is -0.271 e. The van der Waals surface area contributed by atoms with E-state index in [2.05, 4.69) is 37.3 Å². The molecule has 0 aliphatic rings. The van der Waals surface area contributed by atoms with Gasteiger partial charge in [0.1, 0.15) is 0 Å². The summed E-state index contributed by atoms with van der Waals surface area (Å²) in [5.74, 6) is 3.74. The van der Waals surface area contributed by atoms with Crippen molar-refractivity contribution in [1.82, 2.24) is 5.43 Å². The van der Waals surface area contributed by atoms with Gasteiger partial charge in [0.25, 0.3) is 0 Å². The lowest BCUT2D eigenvalue weighted by molar-refractivity contribution is 0.492. The van der Waals surface area contributed by atoms with E-state index in [4.69, 9.17) is 5.84 Å². The molecule has 0 saturated carbocycles. The lowest BCUT2D eigenvalue weighted by Gasteiger charge is -2.17. The van der Waals surface area contributed by atoms with Crippen LogP contribution < -0.4 is 11.3 Å². The number of nitrogens with two attached hydrogens (primary N) is 1. The SMILES string of the molecule is NNC(Cc1ccc(Br)s1)c1ccc(F)c(F)c1Br. The molecule has 7 heteroatoms. The van der Waals surface area contributed by atoms with Gasteiger partial charge in [0.2, 0.25) is 0 Å². The maximum absolute atomic E-state index is 13.5. The number of benzene rings is 1. The molecule has 0 fully saturated rings. The van der Waals surface area contributed by atoms with Crippen LogP contribution in [0.25, 0.3) is 0 Å². The van der Waals surface area contributed by atoms with E-state index in [9.17, 15) is 8.78 Å². The third-order valence-electron chi connectivity index (χ3n) is 2.68. The highest BCUT2D eigenvalue weighted by molar-refractivity contribution is 9.11. The summed E-state index contributed by atoms with van der Waals surface area (Å²) in [6.45, 7) is 0. The largest absolute Gasteiger partial charge is 0.271 e. The van der Waals surface area contributed by atoms with Crippen molar-refractivity contribution in [3.63, 3.8) is 0 Å². The number of hydrogen-bond donors (Lipinski definition) is 2. The maximum Gasteiger partial charge on any atom is 0.173 e. The molecule has 102 valence electrons. The molecule has 0 aliphatic heterocycles. The van der Waals surface area contributed by atoms with Crippen LogP contribution in [0.15, 0.2) is 32.5 Å². The van der Waals surface area contributed by atoms with Crippen molar-refractivity contribution in [3.8, 4) is 0 Å². The van der Waals surface area contributed by atoms with Crippen LogP contribution in [0, 0.1) is 11.6 Å². The average Bonchev–Trinajstić information content (AvgIpc) is 2.80. The Bertz CT molecular complexity index is 589. The highest BCUT2D eigenvalue weighted by atomic mass is 79.9. The molecule has 1 heterocycles. The van der Waals surface area contributed by atoms with Crippen LogP contribution in [-0.2, 0) is 6.42 Å². The number of hydrogen-bond acceptors (Lipinski definition) is 3. The fourth-order valence-electron chi connectivity index (χ4n) is 1.73. The molecule has 2 rings (SSSR count). The Balaban J connectivity index is 2.29. The van der Waals surface area contributed by atoms with Crippen molar-refractivity contribution >= 4 is 43.2 Å². The van der Waals surface area contributed by atoms with Crippen LogP contribution in [-0.4, -0.2) is 0 Å². The molecule has 3 N–H and O–H groups in total. The van der Waals surface area contributed by atoms with E-state index in [-0.39, 0.29) is 10.5 Å². The summed E-state index contributed by atoms with van der Waals surface area (Å²) < 4.78 is 27.8. The quantitative estimate of drug-likeness (QED) is 0.447. The first-order chi connectivity index (χ1) is 9.02. The van der Waals surface area contributed by atoms with Gasteiger partial charge in [-0.05, 0) is 55.6 Å². The smallest absolute Gasteiger partial charge is 0.173 e. The van der Waals surface area contributed by atoms with Crippen LogP contribution >= 0.6 is 43.2 Å². The van der Waals surface area contributed by atoms with Crippen molar-refractivity contribution in [2.24, 2.45) is 5.84 Å². The summed E-state index contributed by atoms with van der Waals surface area (Å²) >= 11 is 8.04. The summed E-state index contributed by atoms with van der Waals surface area (Å²) in [5, 5.41) is 0. The summed E-state index contributed by atoms with van der Waals surface area (Å²) in [4.78, 5) is 1.09. The second-order valence-corrected chi connectivity index (χ2v) is 7.23. The van der Waals surface area contributed by atoms with E-state index >= 15 is 0 Å². The third-order valence-corrected chi connectivity index (χ3v) is 5.13. The van der Waals surface area contributed by atoms with Crippen molar-refractivity contribution in [3.05, 3.63) is 54.6 Å². The Labute approximate surface area is 130 Å². The Hall–Kier alpha value is -0.340. The van der Waals surface area contributed by atoms with Crippen molar-refractivity contribution in [1.29, 1.82) is 0 Å². The van der Waals surface area contributed by atoms with E-state index in [1.54, 1.807) is 11.3 Å². The number of hydrazine groups is 1. The van der Waals surface area contributed by atoms with Crippen molar-refractivity contribution < 1.29 is 8.78 Å². The lowest BCUT2D eigenvalue weighted by atomic mass is 10.0. The normalized spacial score (nSPS) is 12.7. The van der Waals surface area contributed by atoms with Gasteiger partial charge in [0, 0.05) is 11.3 Å². The van der Waals surface area contributed by atoms with E-state index in [1.165, 1.54) is 6.07 Å². The van der Waals surface area contributed by atoms with E-state index < -0.39 is 11.6 Å². The van der Waals surface area contributed by atoms with Gasteiger partial charge in [-0.2, -0.15) is 0 Å². The summed E-state index contributed by atoms with van der Waals surface area (Å²) in [7, 11) is 0. The molecule has 0 bridgehead atoms. The molecule has 0 aliphatic carbocycles. The molecule has 0 amide bonds. The third kappa shape index (κ3) is 3.41. The molecule has 0 saturated heterocycles. The summed E-state index contributed by atoms with van der Waals surface area (Å²) in [5.41, 5.74) is 3.22. The highest BCUT2D eigenvalue weighted by Gasteiger charge is 2.19. The zero-order chi connectivity index (χ0) is 14.0. The zero-order valence-electron chi connectivity index (χ0n) is 9.59. The van der Waals surface area contributed by atoms with Gasteiger partial charge in [-0.1, -0.05) is 6.07 Å². The molecular weight excluding hydrogens is 402 g/mol. The first-order valence-electron chi connectivity index (χ1n) is 5.36. The van der Waals surface area contributed by atoms with Gasteiger partial charge in [0.05, 0.1) is 14.3 Å². The van der Waals surface area contributed by atoms with Gasteiger partial charge in [-0.25, -0.2) is 8.78 Å². The van der Waals surface area contributed by atoms with Gasteiger partial charge >= 0.3 is 0 Å². The molecule has 1 aromatic heterocycles. The summed E-state index contributed by atoms with van der Waals surface area (Å²) in [6, 6.07) is 6.23. The minimum atomic E-state index is -0.898. The highest BCUT2D eigenvalue weighted by Crippen LogP contribution is 2.31. The van der Waals surface area contributed by atoms with Crippen LogP contribution in [0.1, 0.15) is 16.5 Å². The molecule has 0 radical (unpaired) electrons. The second kappa shape index (κ2) is 6.41. The van der Waals surface area contributed by atoms with Gasteiger partial charge in [-0.3, -0.25) is 11.3 Å². The lowest BCUT2D eigenvalue weighted by Crippen LogP contribution is -2.29. The number of rotatable bonds is 4. The van der Waals surface area contributed by atoms with E-state index in [0.717, 1.165) is 14.7 Å². The predicted molar refractivity (Wildman–Crippen MR) is 79.8 cm³/mol. The van der Waals surface area contributed by atoms with Crippen LogP contribution in [0.5, 0.6) is 0 Å². The number of nitrogens with one attached hydrogen (secondary N) is 1. The molecule has 2 aromatic rings. The molecule has 19 heavy (non-hydrogen) atoms. The number of thiophene rings is 1. The van der Waals surface area contributed by atoms with Crippen LogP contribution in [0.2, 0.25) is 0 Å². The van der Waals surface area contributed by atoms with Crippen molar-refractivity contribution in [2.75, 3.05) is 0 Å². The first-order valence-corrected chi connectivity index (χ1v) is 7.77. The van der Waals surface area contributed by atoms with Crippen LogP contribution in [0.4, 0.5) is 8.78 Å². The molecule has 2 nitrogen and oxygen atoms in total. The van der Waals surface area contributed by atoms with Crippen molar-refractivity contribution in [2.45, 2.75) is 12.5 Å². The Kier molecular flexibility index (Phi) is 5.08. The molecule has 0 spiro atoms. The number of halogens is 4. The van der Waals surface area contributed by atoms with Gasteiger partial charge in [-0.15, -0.1) is 11.3 Å². The van der Waals surface area contributed by atoms with Gasteiger partial charge < -0.3 is 0 Å². The molecule has 1 aromatic carbocycles. The Morgan fingerprint density at radius 2 is 1.95 bits per heavy atom. The van der Waals surface area contributed by atoms with Gasteiger partial charge in [0.15, 0.2) is 11.6 Å². The van der Waals surface area contributed by atoms with Crippen LogP contribution in [0.3, 0.4) is 0 Å². The first kappa shape index (κ1) is 15.1. The second-order valence-electron chi connectivity index (χ2n) is 3.89. The monoisotopic (exact) mass is 410 g/mol. The molecule has 1 atom stereocenters. The maximum atomic E-state index is 13.5. The Morgan fingerprint density at radius 1 is 1.21 bits per heavy atom. The van der Waals surface area contributed by atoms with E-state index in [1.807, 2.05) is 12.1 Å². The zero-order valence-corrected chi connectivity index (χ0v) is 13.6. The average molecular weight is 412 g/mol. The van der Waals surface area contributed by atoms with E-state index in [0.29, 0.717) is 12.0 Å². The molecule has 1 unspecified atom stereocenters. The summed E-state index contributed by atoms with van der Waals surface area (Å²) in [6.07, 6.45) is 0.594. The topological polar surface area (TPSA) is 38.0 Å². The fraction of sp³-hybridized carbons (Fsp3) is 0.167. The predicted octanol–water partition coefficient (Wildman–Crippen LogP) is 4.30. The minimum absolute atomic E-state index is 0.103.